The van der Waals surface area contributed by atoms with Gasteiger partial charge in [-0.3, -0.25) is 0 Å². The number of hydrogen-bond acceptors (Lipinski definition) is 5. The second kappa shape index (κ2) is 7.51. The molecule has 0 aromatic carbocycles. The van der Waals surface area contributed by atoms with E-state index in [1.807, 2.05) is 6.07 Å². The minimum Gasteiger partial charge on any atom is -0.381 e. The smallest absolute Gasteiger partial charge is 0.250 e. The average Bonchev–Trinajstić information content (AvgIpc) is 2.89. The van der Waals surface area contributed by atoms with E-state index in [-0.39, 0.29) is 6.04 Å². The van der Waals surface area contributed by atoms with Crippen LogP contribution in [0.2, 0.25) is 0 Å². The van der Waals surface area contributed by atoms with E-state index in [1.54, 1.807) is 6.07 Å². The summed E-state index contributed by atoms with van der Waals surface area (Å²) in [6, 6.07) is 3.57. The molecule has 5 nitrogen and oxygen atoms in total. The maximum Gasteiger partial charge on any atom is 0.250 e. The van der Waals surface area contributed by atoms with Gasteiger partial charge in [-0.2, -0.15) is 0 Å². The zero-order chi connectivity index (χ0) is 14.4. The van der Waals surface area contributed by atoms with Crippen molar-refractivity contribution in [2.45, 2.75) is 43.0 Å². The van der Waals surface area contributed by atoms with Crippen LogP contribution in [0.5, 0.6) is 0 Å². The highest BCUT2D eigenvalue weighted by Crippen LogP contribution is 2.22. The Balaban J connectivity index is 1.94. The van der Waals surface area contributed by atoms with E-state index in [1.165, 1.54) is 11.3 Å². The van der Waals surface area contributed by atoms with Crippen LogP contribution < -0.4 is 10.0 Å². The number of nitrogens with one attached hydrogen (secondary N) is 2. The Morgan fingerprint density at radius 3 is 2.80 bits per heavy atom. The summed E-state index contributed by atoms with van der Waals surface area (Å²) in [6.45, 7) is 5.04. The van der Waals surface area contributed by atoms with E-state index < -0.39 is 10.0 Å². The van der Waals surface area contributed by atoms with Crippen molar-refractivity contribution < 1.29 is 13.2 Å². The van der Waals surface area contributed by atoms with Crippen molar-refractivity contribution in [3.8, 4) is 0 Å². The van der Waals surface area contributed by atoms with Gasteiger partial charge in [0.25, 0.3) is 0 Å². The lowest BCUT2D eigenvalue weighted by molar-refractivity contribution is 0.0832. The molecule has 0 aliphatic carbocycles. The Hall–Kier alpha value is -0.470. The highest BCUT2D eigenvalue weighted by Gasteiger charge is 2.23. The number of rotatable bonds is 7. The van der Waals surface area contributed by atoms with Gasteiger partial charge in [0.15, 0.2) is 0 Å². The molecule has 2 rings (SSSR count). The first-order valence-corrected chi connectivity index (χ1v) is 9.31. The summed E-state index contributed by atoms with van der Waals surface area (Å²) in [6.07, 6.45) is 2.56. The summed E-state index contributed by atoms with van der Waals surface area (Å²) >= 11 is 1.33. The van der Waals surface area contributed by atoms with Crippen LogP contribution in [-0.4, -0.2) is 34.2 Å². The predicted molar refractivity (Wildman–Crippen MR) is 80.5 cm³/mol. The predicted octanol–water partition coefficient (Wildman–Crippen LogP) is 1.70. The van der Waals surface area contributed by atoms with E-state index in [0.717, 1.165) is 37.2 Å². The third-order valence-corrected chi connectivity index (χ3v) is 6.27. The first-order chi connectivity index (χ1) is 9.62. The molecule has 0 spiro atoms. The van der Waals surface area contributed by atoms with Crippen LogP contribution in [0.15, 0.2) is 16.3 Å². The van der Waals surface area contributed by atoms with Crippen LogP contribution in [0.4, 0.5) is 0 Å². The maximum absolute atomic E-state index is 12.3. The summed E-state index contributed by atoms with van der Waals surface area (Å²) in [5.74, 6) is 0. The summed E-state index contributed by atoms with van der Waals surface area (Å²) in [5, 5.41) is 3.28. The van der Waals surface area contributed by atoms with Crippen LogP contribution >= 0.6 is 11.3 Å². The molecule has 114 valence electrons. The van der Waals surface area contributed by atoms with Gasteiger partial charge in [-0.15, -0.1) is 11.3 Å². The fourth-order valence-corrected chi connectivity index (χ4v) is 4.73. The average molecular weight is 318 g/mol. The van der Waals surface area contributed by atoms with Gasteiger partial charge in [-0.25, -0.2) is 13.1 Å². The van der Waals surface area contributed by atoms with Crippen LogP contribution in [0.1, 0.15) is 31.1 Å². The fraction of sp³-hybridized carbons (Fsp3) is 0.692. The molecule has 2 N–H and O–H groups in total. The van der Waals surface area contributed by atoms with Gasteiger partial charge in [0.05, 0.1) is 0 Å². The molecule has 1 fully saturated rings. The third-order valence-electron chi connectivity index (χ3n) is 3.17. The van der Waals surface area contributed by atoms with Crippen molar-refractivity contribution in [2.24, 2.45) is 0 Å². The Labute approximate surface area is 124 Å². The molecule has 1 saturated heterocycles. The fourth-order valence-electron chi connectivity index (χ4n) is 2.08. The Morgan fingerprint density at radius 1 is 1.35 bits per heavy atom. The SMILES string of the molecule is CCCNCc1ccc(S(=O)(=O)NC2CCOCC2)s1. The quantitative estimate of drug-likeness (QED) is 0.751. The summed E-state index contributed by atoms with van der Waals surface area (Å²) in [7, 11) is -3.38. The van der Waals surface area contributed by atoms with E-state index >= 15 is 0 Å². The van der Waals surface area contributed by atoms with Gasteiger partial charge in [-0.1, -0.05) is 6.92 Å². The van der Waals surface area contributed by atoms with Crippen molar-refractivity contribution in [1.82, 2.24) is 10.0 Å². The summed E-state index contributed by atoms with van der Waals surface area (Å²) in [4.78, 5) is 1.05. The molecular weight excluding hydrogens is 296 g/mol. The topological polar surface area (TPSA) is 67.4 Å². The van der Waals surface area contributed by atoms with Crippen molar-refractivity contribution in [1.29, 1.82) is 0 Å². The first-order valence-electron chi connectivity index (χ1n) is 7.01. The molecular formula is C13H22N2O3S2. The van der Waals surface area contributed by atoms with E-state index in [4.69, 9.17) is 4.74 Å². The number of ether oxygens (including phenoxy) is 1. The number of thiophene rings is 1. The molecule has 1 aromatic rings. The molecule has 20 heavy (non-hydrogen) atoms. The van der Waals surface area contributed by atoms with Crippen LogP contribution in [-0.2, 0) is 21.3 Å². The number of sulfonamides is 1. The van der Waals surface area contributed by atoms with E-state index in [9.17, 15) is 8.42 Å². The number of hydrogen-bond donors (Lipinski definition) is 2. The normalized spacial score (nSPS) is 17.4. The molecule has 7 heteroatoms. The summed E-state index contributed by atoms with van der Waals surface area (Å²) < 4.78 is 33.0. The Morgan fingerprint density at radius 2 is 2.10 bits per heavy atom. The van der Waals surface area contributed by atoms with Gasteiger partial charge >= 0.3 is 0 Å². The molecule has 0 amide bonds. The van der Waals surface area contributed by atoms with Crippen LogP contribution in [0.3, 0.4) is 0 Å². The van der Waals surface area contributed by atoms with Gasteiger partial charge in [0, 0.05) is 30.7 Å². The Kier molecular flexibility index (Phi) is 5.98. The monoisotopic (exact) mass is 318 g/mol. The van der Waals surface area contributed by atoms with Gasteiger partial charge in [0.2, 0.25) is 10.0 Å². The first kappa shape index (κ1) is 15.9. The molecule has 1 aromatic heterocycles. The van der Waals surface area contributed by atoms with Crippen LogP contribution in [0, 0.1) is 0 Å². The van der Waals surface area contributed by atoms with Crippen LogP contribution in [0.25, 0.3) is 0 Å². The molecule has 0 unspecified atom stereocenters. The molecule has 0 atom stereocenters. The zero-order valence-electron chi connectivity index (χ0n) is 11.7. The standard InChI is InChI=1S/C13H22N2O3S2/c1-2-7-14-10-12-3-4-13(19-12)20(16,17)15-11-5-8-18-9-6-11/h3-4,11,14-15H,2,5-10H2,1H3. The second-order valence-corrected chi connectivity index (χ2v) is 8.01. The van der Waals surface area contributed by atoms with Crippen molar-refractivity contribution in [3.05, 3.63) is 17.0 Å². The lowest BCUT2D eigenvalue weighted by Gasteiger charge is -2.22. The minimum absolute atomic E-state index is 0.00230. The van der Waals surface area contributed by atoms with Gasteiger partial charge in [0.1, 0.15) is 4.21 Å². The highest BCUT2D eigenvalue weighted by molar-refractivity contribution is 7.91. The third kappa shape index (κ3) is 4.53. The maximum atomic E-state index is 12.3. The van der Waals surface area contributed by atoms with Gasteiger partial charge < -0.3 is 10.1 Å². The summed E-state index contributed by atoms with van der Waals surface area (Å²) in [5.41, 5.74) is 0. The van der Waals surface area contributed by atoms with Crippen molar-refractivity contribution >= 4 is 21.4 Å². The molecule has 2 heterocycles. The van der Waals surface area contributed by atoms with E-state index in [2.05, 4.69) is 17.0 Å². The zero-order valence-corrected chi connectivity index (χ0v) is 13.4. The molecule has 0 saturated carbocycles. The van der Waals surface area contributed by atoms with E-state index in [0.29, 0.717) is 17.4 Å². The van der Waals surface area contributed by atoms with Gasteiger partial charge in [-0.05, 0) is 37.9 Å². The van der Waals surface area contributed by atoms with Crippen molar-refractivity contribution in [2.75, 3.05) is 19.8 Å². The lowest BCUT2D eigenvalue weighted by atomic mass is 10.1. The lowest BCUT2D eigenvalue weighted by Crippen LogP contribution is -2.38. The molecule has 0 bridgehead atoms. The van der Waals surface area contributed by atoms with Crippen molar-refractivity contribution in [3.63, 3.8) is 0 Å². The molecule has 0 radical (unpaired) electrons. The minimum atomic E-state index is -3.38. The largest absolute Gasteiger partial charge is 0.381 e. The Bertz CT molecular complexity index is 507. The molecule has 1 aliphatic heterocycles. The highest BCUT2D eigenvalue weighted by atomic mass is 32.2. The second-order valence-electron chi connectivity index (χ2n) is 4.91. The molecule has 1 aliphatic rings.